The number of para-hydroxylation sites is 1. The van der Waals surface area contributed by atoms with Gasteiger partial charge in [0.15, 0.2) is 5.78 Å². The van der Waals surface area contributed by atoms with Crippen molar-refractivity contribution >= 4 is 27.4 Å². The van der Waals surface area contributed by atoms with Crippen molar-refractivity contribution in [2.24, 2.45) is 0 Å². The smallest absolute Gasteiger partial charge is 0.240 e. The fourth-order valence-electron chi connectivity index (χ4n) is 3.17. The van der Waals surface area contributed by atoms with Crippen LogP contribution in [0.1, 0.15) is 35.7 Å². The van der Waals surface area contributed by atoms with Crippen LogP contribution in [0.5, 0.6) is 0 Å². The zero-order chi connectivity index (χ0) is 19.4. The van der Waals surface area contributed by atoms with Gasteiger partial charge >= 0.3 is 0 Å². The highest BCUT2D eigenvalue weighted by molar-refractivity contribution is 7.89. The first kappa shape index (κ1) is 19.3. The Morgan fingerprint density at radius 2 is 1.78 bits per heavy atom. The molecule has 0 radical (unpaired) electrons. The van der Waals surface area contributed by atoms with Crippen molar-refractivity contribution in [2.75, 3.05) is 18.0 Å². The highest BCUT2D eigenvalue weighted by atomic mass is 32.2. The number of benzene rings is 2. The van der Waals surface area contributed by atoms with Gasteiger partial charge in [0.1, 0.15) is 0 Å². The number of amides is 1. The molecular formula is C20H22N2O4S. The Hall–Kier alpha value is -2.51. The number of rotatable bonds is 6. The summed E-state index contributed by atoms with van der Waals surface area (Å²) in [6.07, 6.45) is 1.93. The summed E-state index contributed by atoms with van der Waals surface area (Å²) in [4.78, 5) is 25.6. The van der Waals surface area contributed by atoms with Crippen LogP contribution < -0.4 is 9.62 Å². The van der Waals surface area contributed by atoms with E-state index < -0.39 is 10.0 Å². The number of hydrogen-bond acceptors (Lipinski definition) is 4. The van der Waals surface area contributed by atoms with Crippen LogP contribution >= 0.6 is 0 Å². The van der Waals surface area contributed by atoms with Crippen molar-refractivity contribution in [3.8, 4) is 0 Å². The van der Waals surface area contributed by atoms with Gasteiger partial charge in [0.25, 0.3) is 0 Å². The molecule has 1 aliphatic heterocycles. The summed E-state index contributed by atoms with van der Waals surface area (Å²) in [5.41, 5.74) is 2.51. The predicted molar refractivity (Wildman–Crippen MR) is 103 cm³/mol. The van der Waals surface area contributed by atoms with Gasteiger partial charge in [0, 0.05) is 30.8 Å². The molecule has 7 heteroatoms. The molecule has 27 heavy (non-hydrogen) atoms. The van der Waals surface area contributed by atoms with Gasteiger partial charge in [-0.25, -0.2) is 13.1 Å². The van der Waals surface area contributed by atoms with Crippen LogP contribution in [0.15, 0.2) is 53.4 Å². The summed E-state index contributed by atoms with van der Waals surface area (Å²) in [7, 11) is -3.72. The molecule has 142 valence electrons. The molecule has 0 spiro atoms. The molecule has 0 atom stereocenters. The molecule has 1 N–H and O–H groups in total. The van der Waals surface area contributed by atoms with E-state index in [1.807, 2.05) is 24.3 Å². The molecule has 1 aliphatic rings. The molecule has 3 rings (SSSR count). The fraction of sp³-hybridized carbons (Fsp3) is 0.300. The quantitative estimate of drug-likeness (QED) is 0.774. The van der Waals surface area contributed by atoms with Gasteiger partial charge in [-0.2, -0.15) is 0 Å². The molecule has 1 amide bonds. The number of carbonyl (C=O) groups excluding carboxylic acids is 2. The van der Waals surface area contributed by atoms with Crippen LogP contribution in [0.25, 0.3) is 0 Å². The number of hydrogen-bond donors (Lipinski definition) is 1. The lowest BCUT2D eigenvalue weighted by Gasteiger charge is -2.29. The third kappa shape index (κ3) is 4.43. The van der Waals surface area contributed by atoms with Crippen molar-refractivity contribution in [1.82, 2.24) is 4.72 Å². The molecular weight excluding hydrogens is 364 g/mol. The summed E-state index contributed by atoms with van der Waals surface area (Å²) < 4.78 is 27.2. The number of carbonyl (C=O) groups is 2. The lowest BCUT2D eigenvalue weighted by Crippen LogP contribution is -2.37. The minimum Gasteiger partial charge on any atom is -0.312 e. The Bertz CT molecular complexity index is 952. The Morgan fingerprint density at radius 1 is 1.07 bits per heavy atom. The van der Waals surface area contributed by atoms with Crippen LogP contribution in [0, 0.1) is 0 Å². The highest BCUT2D eigenvalue weighted by Crippen LogP contribution is 2.27. The van der Waals surface area contributed by atoms with Gasteiger partial charge < -0.3 is 4.90 Å². The second-order valence-corrected chi connectivity index (χ2v) is 8.27. The number of ketones is 1. The maximum Gasteiger partial charge on any atom is 0.240 e. The van der Waals surface area contributed by atoms with Gasteiger partial charge in [-0.1, -0.05) is 30.3 Å². The van der Waals surface area contributed by atoms with Crippen LogP contribution in [0.2, 0.25) is 0 Å². The number of fused-ring (bicyclic) bond motifs is 1. The zero-order valence-electron chi connectivity index (χ0n) is 15.1. The zero-order valence-corrected chi connectivity index (χ0v) is 16.0. The summed E-state index contributed by atoms with van der Waals surface area (Å²) >= 11 is 0. The first-order chi connectivity index (χ1) is 12.9. The third-order valence-electron chi connectivity index (χ3n) is 4.61. The Labute approximate surface area is 159 Å². The van der Waals surface area contributed by atoms with E-state index in [4.69, 9.17) is 0 Å². The van der Waals surface area contributed by atoms with Gasteiger partial charge in [-0.05, 0) is 43.5 Å². The first-order valence-electron chi connectivity index (χ1n) is 8.87. The van der Waals surface area contributed by atoms with Crippen LogP contribution in [-0.2, 0) is 21.2 Å². The number of nitrogens with zero attached hydrogens (tertiary/aromatic N) is 1. The first-order valence-corrected chi connectivity index (χ1v) is 10.4. The summed E-state index contributed by atoms with van der Waals surface area (Å²) in [5, 5.41) is 0. The van der Waals surface area contributed by atoms with Crippen molar-refractivity contribution in [1.29, 1.82) is 0 Å². The second kappa shape index (κ2) is 8.02. The fourth-order valence-corrected chi connectivity index (χ4v) is 4.20. The second-order valence-electron chi connectivity index (χ2n) is 6.51. The van der Waals surface area contributed by atoms with E-state index in [0.717, 1.165) is 24.1 Å². The minimum absolute atomic E-state index is 0.0221. The molecule has 0 fully saturated rings. The van der Waals surface area contributed by atoms with E-state index in [9.17, 15) is 18.0 Å². The topological polar surface area (TPSA) is 83.5 Å². The normalized spacial score (nSPS) is 13.9. The van der Waals surface area contributed by atoms with Crippen LogP contribution in [-0.4, -0.2) is 33.2 Å². The number of nitrogens with one attached hydrogen (secondary N) is 1. The van der Waals surface area contributed by atoms with E-state index in [2.05, 4.69) is 4.72 Å². The Balaban J connectivity index is 1.61. The summed E-state index contributed by atoms with van der Waals surface area (Å²) in [6.45, 7) is 2.09. The predicted octanol–water partition coefficient (Wildman–Crippen LogP) is 2.54. The summed E-state index contributed by atoms with van der Waals surface area (Å²) in [5.74, 6) is -0.226. The maximum atomic E-state index is 12.6. The molecule has 2 aromatic carbocycles. The molecule has 1 heterocycles. The Kier molecular flexibility index (Phi) is 5.72. The third-order valence-corrected chi connectivity index (χ3v) is 6.09. The molecule has 0 aromatic heterocycles. The van der Waals surface area contributed by atoms with E-state index in [1.54, 1.807) is 4.90 Å². The van der Waals surface area contributed by atoms with Gasteiger partial charge in [0.05, 0.1) is 4.90 Å². The standard InChI is InChI=1S/C20H22N2O4S/c1-15(23)16-8-10-18(11-9-16)27(25,26)21-13-12-20(24)22-14-4-6-17-5-2-3-7-19(17)22/h2-3,5,7-11,21H,4,6,12-14H2,1H3. The number of sulfonamides is 1. The lowest BCUT2D eigenvalue weighted by molar-refractivity contribution is -0.118. The van der Waals surface area contributed by atoms with E-state index in [1.165, 1.54) is 31.2 Å². The van der Waals surface area contributed by atoms with Crippen molar-refractivity contribution in [3.63, 3.8) is 0 Å². The lowest BCUT2D eigenvalue weighted by atomic mass is 10.0. The monoisotopic (exact) mass is 386 g/mol. The average molecular weight is 386 g/mol. The van der Waals surface area contributed by atoms with Crippen LogP contribution in [0.3, 0.4) is 0 Å². The highest BCUT2D eigenvalue weighted by Gasteiger charge is 2.22. The van der Waals surface area contributed by atoms with Gasteiger partial charge in [-0.3, -0.25) is 9.59 Å². The van der Waals surface area contributed by atoms with Crippen molar-refractivity contribution in [3.05, 3.63) is 59.7 Å². The van der Waals surface area contributed by atoms with Crippen molar-refractivity contribution in [2.45, 2.75) is 31.1 Å². The van der Waals surface area contributed by atoms with E-state index >= 15 is 0 Å². The largest absolute Gasteiger partial charge is 0.312 e. The molecule has 0 saturated carbocycles. The maximum absolute atomic E-state index is 12.6. The van der Waals surface area contributed by atoms with Gasteiger partial charge in [0.2, 0.25) is 15.9 Å². The summed E-state index contributed by atoms with van der Waals surface area (Å²) in [6, 6.07) is 13.5. The molecule has 2 aromatic rings. The SMILES string of the molecule is CC(=O)c1ccc(S(=O)(=O)NCCC(=O)N2CCCc3ccccc32)cc1. The Morgan fingerprint density at radius 3 is 2.48 bits per heavy atom. The van der Waals surface area contributed by atoms with Crippen LogP contribution in [0.4, 0.5) is 5.69 Å². The number of anilines is 1. The minimum atomic E-state index is -3.72. The van der Waals surface area contributed by atoms with E-state index in [-0.39, 0.29) is 29.6 Å². The number of Topliss-reactive ketones (excluding diaryl/α,β-unsaturated/α-hetero) is 1. The molecule has 0 unspecified atom stereocenters. The van der Waals surface area contributed by atoms with Crippen molar-refractivity contribution < 1.29 is 18.0 Å². The molecule has 0 aliphatic carbocycles. The van der Waals surface area contributed by atoms with E-state index in [0.29, 0.717) is 12.1 Å². The van der Waals surface area contributed by atoms with Gasteiger partial charge in [-0.15, -0.1) is 0 Å². The molecule has 0 saturated heterocycles. The molecule has 6 nitrogen and oxygen atoms in total. The number of aryl methyl sites for hydroxylation is 1. The molecule has 0 bridgehead atoms. The average Bonchev–Trinajstić information content (AvgIpc) is 2.67.